The Bertz CT molecular complexity index is 881. The standard InChI is InChI=1S/C28H37NO3/c1-27(2,31)20-28(25-6-4-3-5-7-25)17-14-24(26(30)32-28)13-10-21-8-11-22(12-9-21)23-15-18-29-19-16-23/h3-9,11-12,23-24,29,31H,10,13-20H2,1-2H3. The first kappa shape index (κ1) is 23.0. The number of piperidine rings is 1. The van der Waals surface area contributed by atoms with Crippen LogP contribution in [-0.2, 0) is 21.6 Å². The largest absolute Gasteiger partial charge is 0.454 e. The Balaban J connectivity index is 1.38. The summed E-state index contributed by atoms with van der Waals surface area (Å²) >= 11 is 0. The zero-order valence-corrected chi connectivity index (χ0v) is 19.5. The fourth-order valence-corrected chi connectivity index (χ4v) is 5.44. The van der Waals surface area contributed by atoms with E-state index >= 15 is 0 Å². The maximum absolute atomic E-state index is 13.0. The Morgan fingerprint density at radius 2 is 1.72 bits per heavy atom. The summed E-state index contributed by atoms with van der Waals surface area (Å²) in [5, 5.41) is 13.9. The van der Waals surface area contributed by atoms with Crippen molar-refractivity contribution in [2.45, 2.75) is 75.9 Å². The van der Waals surface area contributed by atoms with Gasteiger partial charge in [-0.05, 0) is 88.1 Å². The highest BCUT2D eigenvalue weighted by Crippen LogP contribution is 2.44. The van der Waals surface area contributed by atoms with Crippen molar-refractivity contribution in [3.63, 3.8) is 0 Å². The smallest absolute Gasteiger partial charge is 0.309 e. The molecule has 32 heavy (non-hydrogen) atoms. The van der Waals surface area contributed by atoms with Crippen LogP contribution in [0.25, 0.3) is 0 Å². The Morgan fingerprint density at radius 1 is 1.03 bits per heavy atom. The van der Waals surface area contributed by atoms with Crippen molar-refractivity contribution >= 4 is 5.97 Å². The van der Waals surface area contributed by atoms with Crippen LogP contribution in [0.3, 0.4) is 0 Å². The van der Waals surface area contributed by atoms with Gasteiger partial charge in [-0.2, -0.15) is 0 Å². The number of cyclic esters (lactones) is 1. The molecule has 2 heterocycles. The topological polar surface area (TPSA) is 58.6 Å². The van der Waals surface area contributed by atoms with E-state index in [-0.39, 0.29) is 11.9 Å². The van der Waals surface area contributed by atoms with Gasteiger partial charge in [0.2, 0.25) is 0 Å². The van der Waals surface area contributed by atoms with Gasteiger partial charge in [0, 0.05) is 6.42 Å². The Kier molecular flexibility index (Phi) is 7.02. The SMILES string of the molecule is CC(C)(O)CC1(c2ccccc2)CCC(CCc2ccc(C3CCNCC3)cc2)C(=O)O1. The van der Waals surface area contributed by atoms with Crippen LogP contribution in [0.5, 0.6) is 0 Å². The molecule has 0 aromatic heterocycles. The maximum Gasteiger partial charge on any atom is 0.309 e. The third kappa shape index (κ3) is 5.60. The van der Waals surface area contributed by atoms with E-state index in [1.54, 1.807) is 13.8 Å². The van der Waals surface area contributed by atoms with E-state index < -0.39 is 11.2 Å². The Hall–Kier alpha value is -2.17. The molecule has 0 aliphatic carbocycles. The predicted octanol–water partition coefficient (Wildman–Crippen LogP) is 5.10. The van der Waals surface area contributed by atoms with Crippen molar-refractivity contribution in [3.05, 3.63) is 71.3 Å². The summed E-state index contributed by atoms with van der Waals surface area (Å²) in [6.45, 7) is 5.78. The van der Waals surface area contributed by atoms with Gasteiger partial charge in [-0.15, -0.1) is 0 Å². The summed E-state index contributed by atoms with van der Waals surface area (Å²) < 4.78 is 6.13. The van der Waals surface area contributed by atoms with Gasteiger partial charge in [-0.1, -0.05) is 54.6 Å². The van der Waals surface area contributed by atoms with Crippen LogP contribution in [0.1, 0.15) is 75.0 Å². The molecule has 2 unspecified atom stereocenters. The fourth-order valence-electron chi connectivity index (χ4n) is 5.44. The van der Waals surface area contributed by atoms with Crippen molar-refractivity contribution in [2.75, 3.05) is 13.1 Å². The molecule has 4 rings (SSSR count). The number of aryl methyl sites for hydroxylation is 1. The third-order valence-corrected chi connectivity index (χ3v) is 7.12. The molecule has 2 aromatic carbocycles. The van der Waals surface area contributed by atoms with Crippen molar-refractivity contribution in [2.24, 2.45) is 5.92 Å². The summed E-state index contributed by atoms with van der Waals surface area (Å²) in [5.74, 6) is 0.453. The third-order valence-electron chi connectivity index (χ3n) is 7.12. The lowest BCUT2D eigenvalue weighted by atomic mass is 9.76. The number of nitrogens with one attached hydrogen (secondary N) is 1. The second-order valence-electron chi connectivity index (χ2n) is 10.3. The first-order chi connectivity index (χ1) is 15.3. The molecule has 0 spiro atoms. The summed E-state index contributed by atoms with van der Waals surface area (Å²) in [6, 6.07) is 18.9. The number of rotatable bonds is 7. The fraction of sp³-hybridized carbons (Fsp3) is 0.536. The van der Waals surface area contributed by atoms with Gasteiger partial charge in [0.05, 0.1) is 11.5 Å². The Labute approximate surface area is 192 Å². The average molecular weight is 436 g/mol. The summed E-state index contributed by atoms with van der Waals surface area (Å²) in [6.07, 6.45) is 6.04. The van der Waals surface area contributed by atoms with Crippen LogP contribution < -0.4 is 5.32 Å². The van der Waals surface area contributed by atoms with Crippen LogP contribution in [0.15, 0.2) is 54.6 Å². The Morgan fingerprint density at radius 3 is 2.34 bits per heavy atom. The number of hydrogen-bond donors (Lipinski definition) is 2. The quantitative estimate of drug-likeness (QED) is 0.595. The first-order valence-corrected chi connectivity index (χ1v) is 12.1. The van der Waals surface area contributed by atoms with E-state index in [1.807, 2.05) is 30.3 Å². The number of ether oxygens (including phenoxy) is 1. The summed E-state index contributed by atoms with van der Waals surface area (Å²) in [5.41, 5.74) is 2.03. The number of carbonyl (C=O) groups excluding carboxylic acids is 1. The van der Waals surface area contributed by atoms with Crippen molar-refractivity contribution < 1.29 is 14.6 Å². The molecule has 0 radical (unpaired) electrons. The monoisotopic (exact) mass is 435 g/mol. The molecule has 4 heteroatoms. The van der Waals surface area contributed by atoms with Gasteiger partial charge < -0.3 is 15.2 Å². The molecular weight excluding hydrogens is 398 g/mol. The maximum atomic E-state index is 13.0. The van der Waals surface area contributed by atoms with E-state index in [9.17, 15) is 9.90 Å². The molecule has 0 bridgehead atoms. The normalized spacial score (nSPS) is 24.8. The van der Waals surface area contributed by atoms with Gasteiger partial charge in [-0.25, -0.2) is 0 Å². The molecule has 0 saturated carbocycles. The van der Waals surface area contributed by atoms with Gasteiger partial charge in [0.1, 0.15) is 5.60 Å². The number of hydrogen-bond acceptors (Lipinski definition) is 4. The van der Waals surface area contributed by atoms with Crippen molar-refractivity contribution in [1.29, 1.82) is 0 Å². The lowest BCUT2D eigenvalue weighted by molar-refractivity contribution is -0.184. The van der Waals surface area contributed by atoms with Gasteiger partial charge in [0.25, 0.3) is 0 Å². The minimum Gasteiger partial charge on any atom is -0.454 e. The molecule has 2 aromatic rings. The van der Waals surface area contributed by atoms with Crippen LogP contribution in [0.4, 0.5) is 0 Å². The number of aliphatic hydroxyl groups is 1. The second kappa shape index (κ2) is 9.76. The number of benzene rings is 2. The summed E-state index contributed by atoms with van der Waals surface area (Å²) in [4.78, 5) is 13.0. The minimum absolute atomic E-state index is 0.0854. The van der Waals surface area contributed by atoms with E-state index in [2.05, 4.69) is 29.6 Å². The minimum atomic E-state index is -0.918. The van der Waals surface area contributed by atoms with Crippen molar-refractivity contribution in [3.8, 4) is 0 Å². The van der Waals surface area contributed by atoms with Gasteiger partial charge >= 0.3 is 5.97 Å². The molecule has 2 fully saturated rings. The molecule has 172 valence electrons. The zero-order chi connectivity index (χ0) is 22.6. The molecule has 4 nitrogen and oxygen atoms in total. The molecule has 2 aliphatic rings. The van der Waals surface area contributed by atoms with Crippen LogP contribution in [0, 0.1) is 5.92 Å². The molecule has 2 aliphatic heterocycles. The lowest BCUT2D eigenvalue weighted by Crippen LogP contribution is -2.45. The summed E-state index contributed by atoms with van der Waals surface area (Å²) in [7, 11) is 0. The lowest BCUT2D eigenvalue weighted by Gasteiger charge is -2.42. The van der Waals surface area contributed by atoms with Crippen molar-refractivity contribution in [1.82, 2.24) is 5.32 Å². The van der Waals surface area contributed by atoms with Crippen LogP contribution in [-0.4, -0.2) is 29.8 Å². The molecule has 2 atom stereocenters. The van der Waals surface area contributed by atoms with E-state index in [4.69, 9.17) is 4.74 Å². The zero-order valence-electron chi connectivity index (χ0n) is 19.5. The second-order valence-corrected chi connectivity index (χ2v) is 10.3. The van der Waals surface area contributed by atoms with E-state index in [1.165, 1.54) is 24.0 Å². The molecule has 2 saturated heterocycles. The predicted molar refractivity (Wildman–Crippen MR) is 127 cm³/mol. The van der Waals surface area contributed by atoms with Crippen LogP contribution in [0.2, 0.25) is 0 Å². The highest BCUT2D eigenvalue weighted by Gasteiger charge is 2.45. The van der Waals surface area contributed by atoms with Gasteiger partial charge in [0.15, 0.2) is 0 Å². The van der Waals surface area contributed by atoms with E-state index in [0.29, 0.717) is 12.3 Å². The molecular formula is C28H37NO3. The highest BCUT2D eigenvalue weighted by atomic mass is 16.6. The highest BCUT2D eigenvalue weighted by molar-refractivity contribution is 5.74. The first-order valence-electron chi connectivity index (χ1n) is 12.1. The molecule has 2 N–H and O–H groups in total. The average Bonchev–Trinajstić information content (AvgIpc) is 2.79. The van der Waals surface area contributed by atoms with Crippen LogP contribution >= 0.6 is 0 Å². The number of carbonyl (C=O) groups is 1. The van der Waals surface area contributed by atoms with Gasteiger partial charge in [-0.3, -0.25) is 4.79 Å². The number of esters is 1. The van der Waals surface area contributed by atoms with E-state index in [0.717, 1.165) is 44.3 Å². The molecule has 0 amide bonds.